The third kappa shape index (κ3) is 2.84. The van der Waals surface area contributed by atoms with Crippen molar-refractivity contribution in [2.24, 2.45) is 0 Å². The van der Waals surface area contributed by atoms with Crippen LogP contribution in [-0.4, -0.2) is 24.8 Å². The molecule has 1 unspecified atom stereocenters. The number of anilines is 1. The van der Waals surface area contributed by atoms with Crippen LogP contribution in [0.4, 0.5) is 5.69 Å². The number of nitrogens with zero attached hydrogens (tertiary/aromatic N) is 1. The van der Waals surface area contributed by atoms with Crippen molar-refractivity contribution >= 4 is 23.3 Å². The van der Waals surface area contributed by atoms with Gasteiger partial charge in [-0.1, -0.05) is 48.5 Å². The molecule has 0 bridgehead atoms. The first-order chi connectivity index (χ1) is 14.4. The zero-order valence-corrected chi connectivity index (χ0v) is 17.0. The predicted octanol–water partition coefficient (Wildman–Crippen LogP) is 3.42. The molecule has 0 saturated carbocycles. The monoisotopic (exact) mass is 403 g/mol. The highest BCUT2D eigenvalue weighted by molar-refractivity contribution is 6.15. The van der Waals surface area contributed by atoms with Crippen molar-refractivity contribution in [3.63, 3.8) is 0 Å². The van der Waals surface area contributed by atoms with Crippen LogP contribution in [0.1, 0.15) is 25.0 Å². The lowest BCUT2D eigenvalue weighted by atomic mass is 9.83. The Balaban J connectivity index is 1.91. The Kier molecular flexibility index (Phi) is 4.78. The van der Waals surface area contributed by atoms with Crippen molar-refractivity contribution < 1.29 is 23.9 Å². The van der Waals surface area contributed by atoms with Crippen LogP contribution < -0.4 is 4.90 Å². The molecule has 2 aromatic carbocycles. The summed E-state index contributed by atoms with van der Waals surface area (Å²) < 4.78 is 11.1. The lowest BCUT2D eigenvalue weighted by Gasteiger charge is -2.34. The van der Waals surface area contributed by atoms with E-state index in [1.807, 2.05) is 42.5 Å². The number of carbonyl (C=O) groups excluding carboxylic acids is 3. The van der Waals surface area contributed by atoms with E-state index in [-0.39, 0.29) is 16.9 Å². The molecule has 0 aromatic heterocycles. The Labute approximate surface area is 174 Å². The molecule has 6 nitrogen and oxygen atoms in total. The summed E-state index contributed by atoms with van der Waals surface area (Å²) in [6, 6.07) is 16.8. The van der Waals surface area contributed by atoms with Crippen LogP contribution in [0.2, 0.25) is 0 Å². The molecule has 1 atom stereocenters. The van der Waals surface area contributed by atoms with E-state index in [9.17, 15) is 14.4 Å². The predicted molar refractivity (Wildman–Crippen MR) is 110 cm³/mol. The first-order valence-corrected chi connectivity index (χ1v) is 9.57. The normalized spacial score (nSPS) is 20.0. The van der Waals surface area contributed by atoms with Gasteiger partial charge in [-0.2, -0.15) is 0 Å². The number of methoxy groups -OCH3 is 1. The Morgan fingerprint density at radius 1 is 1.07 bits per heavy atom. The van der Waals surface area contributed by atoms with E-state index in [0.717, 1.165) is 5.56 Å². The fraction of sp³-hybridized carbons (Fsp3) is 0.208. The molecule has 2 aromatic rings. The number of para-hydroxylation sites is 1. The quantitative estimate of drug-likeness (QED) is 0.732. The molecule has 4 rings (SSSR count). The number of hydrogen-bond acceptors (Lipinski definition) is 5. The Bertz CT molecular complexity index is 1120. The van der Waals surface area contributed by atoms with Crippen molar-refractivity contribution in [2.45, 2.75) is 26.0 Å². The number of hydrogen-bond donors (Lipinski definition) is 0. The average molecular weight is 403 g/mol. The van der Waals surface area contributed by atoms with Crippen LogP contribution in [0.15, 0.2) is 77.6 Å². The third-order valence-electron chi connectivity index (χ3n) is 5.44. The number of carbonyl (C=O) groups is 3. The second-order valence-electron chi connectivity index (χ2n) is 7.25. The van der Waals surface area contributed by atoms with Gasteiger partial charge in [0.15, 0.2) is 5.78 Å². The van der Waals surface area contributed by atoms with Gasteiger partial charge in [0.2, 0.25) is 5.60 Å². The molecule has 2 aliphatic heterocycles. The number of ketones is 1. The van der Waals surface area contributed by atoms with Gasteiger partial charge in [0, 0.05) is 5.56 Å². The maximum atomic E-state index is 13.8. The molecule has 2 heterocycles. The maximum Gasteiger partial charge on any atom is 0.338 e. The number of Topliss-reactive ketones (excluding diaryl/α,β-unsaturated/α-hetero) is 1. The lowest BCUT2D eigenvalue weighted by Crippen LogP contribution is -2.47. The molecule has 0 aliphatic carbocycles. The van der Waals surface area contributed by atoms with Gasteiger partial charge < -0.3 is 14.4 Å². The SMILES string of the molecule is COC(=O)C1=CC(C(C)=O)=C(C)OC12C(=O)N(Cc1ccccc1)c1ccccc12. The lowest BCUT2D eigenvalue weighted by molar-refractivity contribution is -0.146. The largest absolute Gasteiger partial charge is 0.471 e. The maximum absolute atomic E-state index is 13.8. The number of benzene rings is 2. The van der Waals surface area contributed by atoms with Crippen LogP contribution in [0, 0.1) is 0 Å². The van der Waals surface area contributed by atoms with Gasteiger partial charge in [-0.15, -0.1) is 0 Å². The minimum absolute atomic E-state index is 0.00573. The standard InChI is InChI=1S/C24H21NO5/c1-15(26)18-13-20(22(27)29-3)24(30-16(18)2)19-11-7-8-12-21(19)25(23(24)28)14-17-9-5-4-6-10-17/h4-13H,14H2,1-3H3. The number of esters is 1. The molecule has 0 fully saturated rings. The highest BCUT2D eigenvalue weighted by atomic mass is 16.5. The summed E-state index contributed by atoms with van der Waals surface area (Å²) in [4.78, 5) is 40.3. The fourth-order valence-electron chi connectivity index (χ4n) is 4.05. The molecular formula is C24H21NO5. The minimum Gasteiger partial charge on any atom is -0.471 e. The summed E-state index contributed by atoms with van der Waals surface area (Å²) in [7, 11) is 1.24. The van der Waals surface area contributed by atoms with E-state index in [4.69, 9.17) is 9.47 Å². The van der Waals surface area contributed by atoms with Crippen molar-refractivity contribution in [1.29, 1.82) is 0 Å². The first kappa shape index (κ1) is 19.6. The molecule has 2 aliphatic rings. The Morgan fingerprint density at radius 2 is 1.73 bits per heavy atom. The molecule has 0 radical (unpaired) electrons. The fourth-order valence-corrected chi connectivity index (χ4v) is 4.05. The first-order valence-electron chi connectivity index (χ1n) is 9.57. The van der Waals surface area contributed by atoms with Crippen LogP contribution in [0.5, 0.6) is 0 Å². The number of rotatable bonds is 4. The van der Waals surface area contributed by atoms with E-state index in [2.05, 4.69) is 0 Å². The molecular weight excluding hydrogens is 382 g/mol. The molecule has 0 saturated heterocycles. The third-order valence-corrected chi connectivity index (χ3v) is 5.44. The molecule has 152 valence electrons. The highest BCUT2D eigenvalue weighted by Crippen LogP contribution is 2.51. The Morgan fingerprint density at radius 3 is 2.40 bits per heavy atom. The summed E-state index contributed by atoms with van der Waals surface area (Å²) in [6.45, 7) is 3.33. The van der Waals surface area contributed by atoms with E-state index < -0.39 is 17.5 Å². The minimum atomic E-state index is -1.69. The molecule has 6 heteroatoms. The van der Waals surface area contributed by atoms with Gasteiger partial charge in [-0.05, 0) is 31.6 Å². The van der Waals surface area contributed by atoms with Crippen LogP contribution in [-0.2, 0) is 36.0 Å². The van der Waals surface area contributed by atoms with Gasteiger partial charge in [0.05, 0.1) is 30.5 Å². The van der Waals surface area contributed by atoms with Gasteiger partial charge in [-0.25, -0.2) is 4.79 Å². The van der Waals surface area contributed by atoms with Gasteiger partial charge in [-0.3, -0.25) is 9.59 Å². The highest BCUT2D eigenvalue weighted by Gasteiger charge is 2.59. The summed E-state index contributed by atoms with van der Waals surface area (Å²) in [5.74, 6) is -1.08. The molecule has 0 N–H and O–H groups in total. The van der Waals surface area contributed by atoms with E-state index in [0.29, 0.717) is 23.6 Å². The topological polar surface area (TPSA) is 72.9 Å². The number of amides is 1. The van der Waals surface area contributed by atoms with Crippen LogP contribution >= 0.6 is 0 Å². The van der Waals surface area contributed by atoms with Crippen molar-refractivity contribution in [3.05, 3.63) is 88.7 Å². The van der Waals surface area contributed by atoms with E-state index >= 15 is 0 Å². The smallest absolute Gasteiger partial charge is 0.338 e. The average Bonchev–Trinajstić information content (AvgIpc) is 2.97. The summed E-state index contributed by atoms with van der Waals surface area (Å²) in [5, 5.41) is 0. The van der Waals surface area contributed by atoms with Crippen molar-refractivity contribution in [3.8, 4) is 0 Å². The van der Waals surface area contributed by atoms with Crippen molar-refractivity contribution in [1.82, 2.24) is 0 Å². The second-order valence-corrected chi connectivity index (χ2v) is 7.25. The van der Waals surface area contributed by atoms with Gasteiger partial charge in [0.25, 0.3) is 5.91 Å². The number of ether oxygens (including phenoxy) is 2. The summed E-state index contributed by atoms with van der Waals surface area (Å²) in [6.07, 6.45) is 1.42. The van der Waals surface area contributed by atoms with Crippen LogP contribution in [0.3, 0.4) is 0 Å². The molecule has 1 spiro atoms. The van der Waals surface area contributed by atoms with Crippen LogP contribution in [0.25, 0.3) is 0 Å². The summed E-state index contributed by atoms with van der Waals surface area (Å²) >= 11 is 0. The molecule has 30 heavy (non-hydrogen) atoms. The zero-order chi connectivity index (χ0) is 21.5. The van der Waals surface area contributed by atoms with E-state index in [1.165, 1.54) is 20.1 Å². The number of allylic oxidation sites excluding steroid dienone is 3. The number of fused-ring (bicyclic) bond motifs is 2. The zero-order valence-electron chi connectivity index (χ0n) is 17.0. The molecule has 1 amide bonds. The van der Waals surface area contributed by atoms with Crippen molar-refractivity contribution in [2.75, 3.05) is 12.0 Å². The summed E-state index contributed by atoms with van der Waals surface area (Å²) in [5.41, 5.74) is 0.682. The van der Waals surface area contributed by atoms with Gasteiger partial charge >= 0.3 is 5.97 Å². The van der Waals surface area contributed by atoms with E-state index in [1.54, 1.807) is 24.0 Å². The Hall–Kier alpha value is -3.67. The van der Waals surface area contributed by atoms with Gasteiger partial charge in [0.1, 0.15) is 5.76 Å². The second kappa shape index (κ2) is 7.30.